The Morgan fingerprint density at radius 3 is 2.39 bits per heavy atom. The number of benzene rings is 1. The summed E-state index contributed by atoms with van der Waals surface area (Å²) in [6.07, 6.45) is 4.79. The molecule has 1 saturated heterocycles. The topological polar surface area (TPSA) is 72.0 Å². The first-order valence-corrected chi connectivity index (χ1v) is 10.5. The molecular weight excluding hydrogens is 394 g/mol. The fourth-order valence-corrected chi connectivity index (χ4v) is 3.03. The number of pyridine rings is 1. The van der Waals surface area contributed by atoms with Crippen molar-refractivity contribution in [2.75, 3.05) is 32.8 Å². The van der Waals surface area contributed by atoms with Gasteiger partial charge in [0.05, 0.1) is 12.3 Å². The predicted molar refractivity (Wildman–Crippen MR) is 118 cm³/mol. The van der Waals surface area contributed by atoms with Crippen LogP contribution in [0, 0.1) is 5.92 Å². The van der Waals surface area contributed by atoms with Crippen molar-refractivity contribution >= 4 is 18.1 Å². The normalized spacial score (nSPS) is 14.2. The molecule has 0 saturated carbocycles. The molecule has 3 rings (SSSR count). The van der Waals surface area contributed by atoms with Gasteiger partial charge in [-0.1, -0.05) is 32.0 Å². The fraction of sp³-hybridized carbons (Fsp3) is 0.375. The summed E-state index contributed by atoms with van der Waals surface area (Å²) in [5, 5.41) is 0. The number of hydrogen-bond acceptors (Lipinski definition) is 5. The first kappa shape index (κ1) is 22.3. The smallest absolute Gasteiger partial charge is 0.409 e. The molecule has 0 N–H and O–H groups in total. The van der Waals surface area contributed by atoms with Crippen LogP contribution in [0.5, 0.6) is 5.75 Å². The highest BCUT2D eigenvalue weighted by molar-refractivity contribution is 5.92. The van der Waals surface area contributed by atoms with E-state index in [0.717, 1.165) is 17.0 Å². The molecule has 31 heavy (non-hydrogen) atoms. The molecule has 0 spiro atoms. The molecule has 7 nitrogen and oxygen atoms in total. The Bertz CT molecular complexity index is 873. The molecular formula is C24H29N3O4. The van der Waals surface area contributed by atoms with E-state index in [2.05, 4.69) is 4.98 Å². The van der Waals surface area contributed by atoms with Crippen molar-refractivity contribution in [2.45, 2.75) is 20.5 Å². The number of carbonyl (C=O) groups excluding carboxylic acids is 2. The van der Waals surface area contributed by atoms with E-state index in [1.165, 1.54) is 0 Å². The van der Waals surface area contributed by atoms with Gasteiger partial charge in [0.25, 0.3) is 0 Å². The minimum absolute atomic E-state index is 0.0642. The monoisotopic (exact) mass is 423 g/mol. The third kappa shape index (κ3) is 7.13. The van der Waals surface area contributed by atoms with Gasteiger partial charge in [0.2, 0.25) is 5.91 Å². The highest BCUT2D eigenvalue weighted by Gasteiger charge is 2.24. The maximum absolute atomic E-state index is 12.5. The molecule has 0 unspecified atom stereocenters. The van der Waals surface area contributed by atoms with Gasteiger partial charge in [-0.05, 0) is 41.8 Å². The van der Waals surface area contributed by atoms with Crippen LogP contribution in [0.1, 0.15) is 25.1 Å². The number of aromatic nitrogens is 1. The van der Waals surface area contributed by atoms with E-state index in [1.807, 2.05) is 56.3 Å². The molecule has 1 fully saturated rings. The summed E-state index contributed by atoms with van der Waals surface area (Å²) >= 11 is 0. The van der Waals surface area contributed by atoms with Gasteiger partial charge in [-0.3, -0.25) is 9.78 Å². The van der Waals surface area contributed by atoms with Crippen LogP contribution >= 0.6 is 0 Å². The highest BCUT2D eigenvalue weighted by atomic mass is 16.6. The van der Waals surface area contributed by atoms with Crippen LogP contribution in [0.2, 0.25) is 0 Å². The molecule has 7 heteroatoms. The zero-order valence-electron chi connectivity index (χ0n) is 18.1. The van der Waals surface area contributed by atoms with Crippen molar-refractivity contribution < 1.29 is 19.1 Å². The molecule has 2 amide bonds. The van der Waals surface area contributed by atoms with E-state index >= 15 is 0 Å². The highest BCUT2D eigenvalue weighted by Crippen LogP contribution is 2.15. The van der Waals surface area contributed by atoms with E-state index in [-0.39, 0.29) is 12.0 Å². The maximum Gasteiger partial charge on any atom is 0.409 e. The lowest BCUT2D eigenvalue weighted by atomic mass is 10.2. The van der Waals surface area contributed by atoms with E-state index < -0.39 is 0 Å². The molecule has 0 radical (unpaired) electrons. The van der Waals surface area contributed by atoms with Crippen molar-refractivity contribution in [1.29, 1.82) is 0 Å². The fourth-order valence-electron chi connectivity index (χ4n) is 3.03. The van der Waals surface area contributed by atoms with E-state index in [9.17, 15) is 9.59 Å². The Labute approximate surface area is 183 Å². The molecule has 1 aliphatic heterocycles. The minimum atomic E-state index is -0.304. The first-order valence-electron chi connectivity index (χ1n) is 10.5. The molecule has 1 aliphatic rings. The lowest BCUT2D eigenvalue weighted by Crippen LogP contribution is -2.50. The van der Waals surface area contributed by atoms with Crippen molar-refractivity contribution in [3.63, 3.8) is 0 Å². The molecule has 2 aromatic rings. The van der Waals surface area contributed by atoms with E-state index in [0.29, 0.717) is 45.3 Å². The van der Waals surface area contributed by atoms with Gasteiger partial charge in [0.1, 0.15) is 12.4 Å². The van der Waals surface area contributed by atoms with E-state index in [1.54, 1.807) is 28.1 Å². The largest absolute Gasteiger partial charge is 0.487 e. The van der Waals surface area contributed by atoms with Gasteiger partial charge >= 0.3 is 6.09 Å². The maximum atomic E-state index is 12.5. The Hall–Kier alpha value is -3.35. The summed E-state index contributed by atoms with van der Waals surface area (Å²) < 4.78 is 11.0. The summed E-state index contributed by atoms with van der Waals surface area (Å²) in [5.74, 6) is 0.985. The number of rotatable bonds is 7. The SMILES string of the molecule is CC(C)COC(=O)N1CCN(C(=O)/C=C/c2ccc(OCc3ccccn3)cc2)CC1. The van der Waals surface area contributed by atoms with E-state index in [4.69, 9.17) is 9.47 Å². The van der Waals surface area contributed by atoms with Crippen LogP contribution in [0.15, 0.2) is 54.7 Å². The summed E-state index contributed by atoms with van der Waals surface area (Å²) in [4.78, 5) is 32.1. The molecule has 0 atom stereocenters. The molecule has 164 valence electrons. The molecule has 1 aromatic carbocycles. The summed E-state index contributed by atoms with van der Waals surface area (Å²) in [5.41, 5.74) is 1.78. The Balaban J connectivity index is 1.43. The molecule has 0 bridgehead atoms. The molecule has 1 aromatic heterocycles. The quantitative estimate of drug-likeness (QED) is 0.636. The summed E-state index contributed by atoms with van der Waals surface area (Å²) in [7, 11) is 0. The van der Waals surface area contributed by atoms with Crippen molar-refractivity contribution in [1.82, 2.24) is 14.8 Å². The molecule has 0 aliphatic carbocycles. The van der Waals surface area contributed by atoms with Crippen LogP contribution in [0.3, 0.4) is 0 Å². The first-order chi connectivity index (χ1) is 15.0. The van der Waals surface area contributed by atoms with Crippen LogP contribution in [-0.4, -0.2) is 59.6 Å². The van der Waals surface area contributed by atoms with Crippen LogP contribution < -0.4 is 4.74 Å². The second-order valence-corrected chi connectivity index (χ2v) is 7.80. The predicted octanol–water partition coefficient (Wildman–Crippen LogP) is 3.61. The van der Waals surface area contributed by atoms with Crippen LogP contribution in [-0.2, 0) is 16.1 Å². The number of piperazine rings is 1. The third-order valence-corrected chi connectivity index (χ3v) is 4.80. The lowest BCUT2D eigenvalue weighted by molar-refractivity contribution is -0.127. The minimum Gasteiger partial charge on any atom is -0.487 e. The standard InChI is InChI=1S/C24H29N3O4/c1-19(2)17-31-24(29)27-15-13-26(14-16-27)23(28)11-8-20-6-9-22(10-7-20)30-18-21-5-3-4-12-25-21/h3-12,19H,13-18H2,1-2H3/b11-8+. The zero-order chi connectivity index (χ0) is 22.1. The Morgan fingerprint density at radius 1 is 1.03 bits per heavy atom. The number of amides is 2. The van der Waals surface area contributed by atoms with Crippen LogP contribution in [0.4, 0.5) is 4.79 Å². The zero-order valence-corrected chi connectivity index (χ0v) is 18.1. The van der Waals surface area contributed by atoms with Gasteiger partial charge in [0, 0.05) is 38.5 Å². The summed E-state index contributed by atoms with van der Waals surface area (Å²) in [6, 6.07) is 13.3. The Kier molecular flexibility index (Phi) is 8.04. The number of carbonyl (C=O) groups is 2. The average molecular weight is 424 g/mol. The average Bonchev–Trinajstić information content (AvgIpc) is 2.81. The van der Waals surface area contributed by atoms with Gasteiger partial charge in [-0.25, -0.2) is 4.79 Å². The third-order valence-electron chi connectivity index (χ3n) is 4.80. The summed E-state index contributed by atoms with van der Waals surface area (Å²) in [6.45, 7) is 6.79. The van der Waals surface area contributed by atoms with Crippen molar-refractivity contribution in [3.8, 4) is 5.75 Å². The van der Waals surface area contributed by atoms with Gasteiger partial charge in [-0.15, -0.1) is 0 Å². The van der Waals surface area contributed by atoms with Crippen molar-refractivity contribution in [3.05, 3.63) is 66.0 Å². The Morgan fingerprint density at radius 2 is 1.74 bits per heavy atom. The number of ether oxygens (including phenoxy) is 2. The van der Waals surface area contributed by atoms with Crippen molar-refractivity contribution in [2.24, 2.45) is 5.92 Å². The second kappa shape index (κ2) is 11.2. The van der Waals surface area contributed by atoms with Crippen LogP contribution in [0.25, 0.3) is 6.08 Å². The van der Waals surface area contributed by atoms with Gasteiger partial charge in [0.15, 0.2) is 0 Å². The molecule has 2 heterocycles. The number of hydrogen-bond donors (Lipinski definition) is 0. The van der Waals surface area contributed by atoms with Gasteiger partial charge < -0.3 is 19.3 Å². The second-order valence-electron chi connectivity index (χ2n) is 7.80. The van der Waals surface area contributed by atoms with Gasteiger partial charge in [-0.2, -0.15) is 0 Å². The number of nitrogens with zero attached hydrogens (tertiary/aromatic N) is 3. The lowest BCUT2D eigenvalue weighted by Gasteiger charge is -2.33.